The van der Waals surface area contributed by atoms with Crippen molar-refractivity contribution >= 4 is 22.5 Å². The van der Waals surface area contributed by atoms with Crippen LogP contribution in [0.15, 0.2) is 36.4 Å². The summed E-state index contributed by atoms with van der Waals surface area (Å²) in [4.78, 5) is 13.5. The molecule has 2 aliphatic rings. The molecular formula is C28H32F2N2O5. The van der Waals surface area contributed by atoms with Gasteiger partial charge in [-0.3, -0.25) is 4.79 Å². The number of fused-ring (bicyclic) bond motifs is 2. The van der Waals surface area contributed by atoms with Crippen molar-refractivity contribution in [2.24, 2.45) is 5.92 Å². The molecule has 198 valence electrons. The maximum Gasteiger partial charge on any atom is 0.586 e. The summed E-state index contributed by atoms with van der Waals surface area (Å²) in [5.41, 5.74) is 2.22. The van der Waals surface area contributed by atoms with Crippen LogP contribution in [0.25, 0.3) is 10.9 Å². The average molecular weight is 515 g/mol. The number of aliphatic hydroxyl groups is 1. The summed E-state index contributed by atoms with van der Waals surface area (Å²) in [7, 11) is 1.59. The minimum Gasteiger partial charge on any atom is -0.494 e. The van der Waals surface area contributed by atoms with Gasteiger partial charge in [0.25, 0.3) is 0 Å². The molecule has 1 aliphatic heterocycles. The molecule has 5 rings (SSSR count). The molecule has 0 unspecified atom stereocenters. The van der Waals surface area contributed by atoms with Gasteiger partial charge in [0.2, 0.25) is 5.91 Å². The Bertz CT molecular complexity index is 1370. The second kappa shape index (κ2) is 8.62. The van der Waals surface area contributed by atoms with E-state index in [4.69, 9.17) is 4.74 Å². The standard InChI is InChI=1S/C28H32F2N2O5/c1-16(15-33)14-32-23(26(2,3)4)11-17-10-19(13-22(35-5)24(17)32)31-25(34)27(8-9-27)18-6-7-20-21(12-18)37-28(29,30)36-20/h6-7,10-13,16,33H,8-9,14-15H2,1-5H3,(H,31,34)/t16-/m1/s1. The largest absolute Gasteiger partial charge is 0.586 e. The molecule has 0 saturated heterocycles. The Kier molecular flexibility index (Phi) is 5.90. The normalized spacial score (nSPS) is 18.1. The lowest BCUT2D eigenvalue weighted by molar-refractivity contribution is -0.286. The Hall–Kier alpha value is -3.33. The molecule has 1 fully saturated rings. The van der Waals surface area contributed by atoms with E-state index < -0.39 is 11.7 Å². The number of rotatable bonds is 7. The van der Waals surface area contributed by atoms with E-state index in [2.05, 4.69) is 46.2 Å². The fraction of sp³-hybridized carbons (Fsp3) is 0.464. The molecule has 0 bridgehead atoms. The third-order valence-electron chi connectivity index (χ3n) is 7.15. The Morgan fingerprint density at radius 3 is 2.49 bits per heavy atom. The number of aliphatic hydroxyl groups excluding tert-OH is 1. The molecule has 7 nitrogen and oxygen atoms in total. The first-order valence-electron chi connectivity index (χ1n) is 12.4. The number of hydrogen-bond donors (Lipinski definition) is 2. The number of alkyl halides is 2. The van der Waals surface area contributed by atoms with E-state index in [0.29, 0.717) is 36.4 Å². The van der Waals surface area contributed by atoms with Crippen molar-refractivity contribution in [3.63, 3.8) is 0 Å². The van der Waals surface area contributed by atoms with E-state index in [0.717, 1.165) is 16.6 Å². The molecule has 2 aromatic carbocycles. The summed E-state index contributed by atoms with van der Waals surface area (Å²) in [5, 5.41) is 13.6. The molecule has 37 heavy (non-hydrogen) atoms. The quantitative estimate of drug-likeness (QED) is 0.431. The van der Waals surface area contributed by atoms with Gasteiger partial charge in [-0.25, -0.2) is 0 Å². The molecule has 2 N–H and O–H groups in total. The van der Waals surface area contributed by atoms with Crippen molar-refractivity contribution in [3.05, 3.63) is 47.7 Å². The lowest BCUT2D eigenvalue weighted by Crippen LogP contribution is -2.28. The van der Waals surface area contributed by atoms with Crippen LogP contribution in [0.4, 0.5) is 14.5 Å². The number of ether oxygens (including phenoxy) is 3. The average Bonchev–Trinajstić information content (AvgIpc) is 3.46. The van der Waals surface area contributed by atoms with Crippen LogP contribution in [0, 0.1) is 5.92 Å². The van der Waals surface area contributed by atoms with Gasteiger partial charge in [0.15, 0.2) is 11.5 Å². The van der Waals surface area contributed by atoms with Crippen molar-refractivity contribution < 1.29 is 32.9 Å². The van der Waals surface area contributed by atoms with E-state index in [1.807, 2.05) is 13.0 Å². The summed E-state index contributed by atoms with van der Waals surface area (Å²) in [6.45, 7) is 9.09. The van der Waals surface area contributed by atoms with E-state index in [1.54, 1.807) is 19.2 Å². The molecule has 2 heterocycles. The number of carbonyl (C=O) groups is 1. The number of amides is 1. The lowest BCUT2D eigenvalue weighted by Gasteiger charge is -2.24. The predicted octanol–water partition coefficient (Wildman–Crippen LogP) is 5.57. The zero-order valence-electron chi connectivity index (χ0n) is 21.7. The molecule has 0 spiro atoms. The van der Waals surface area contributed by atoms with Crippen molar-refractivity contribution in [3.8, 4) is 17.2 Å². The molecule has 1 amide bonds. The minimum absolute atomic E-state index is 0.0465. The van der Waals surface area contributed by atoms with Gasteiger partial charge in [-0.05, 0) is 48.6 Å². The van der Waals surface area contributed by atoms with Crippen LogP contribution in [0.2, 0.25) is 0 Å². The fourth-order valence-electron chi connectivity index (χ4n) is 5.05. The summed E-state index contributed by atoms with van der Waals surface area (Å²) in [6.07, 6.45) is -2.52. The van der Waals surface area contributed by atoms with Gasteiger partial charge >= 0.3 is 6.29 Å². The highest BCUT2D eigenvalue weighted by Gasteiger charge is 2.52. The molecule has 1 saturated carbocycles. The Balaban J connectivity index is 1.48. The van der Waals surface area contributed by atoms with Gasteiger partial charge < -0.3 is 29.2 Å². The van der Waals surface area contributed by atoms with Crippen molar-refractivity contribution in [2.45, 2.75) is 64.2 Å². The summed E-state index contributed by atoms with van der Waals surface area (Å²) in [5.74, 6) is 0.331. The molecule has 1 aliphatic carbocycles. The number of benzene rings is 2. The SMILES string of the molecule is COc1cc(NC(=O)C2(c3ccc4c(c3)OC(F)(F)O4)CC2)cc2cc(C(C)(C)C)n(C[C@@H](C)CO)c12. The molecular weight excluding hydrogens is 482 g/mol. The van der Waals surface area contributed by atoms with Crippen LogP contribution >= 0.6 is 0 Å². The van der Waals surface area contributed by atoms with Crippen LogP contribution < -0.4 is 19.5 Å². The molecule has 3 aromatic rings. The Morgan fingerprint density at radius 1 is 1.16 bits per heavy atom. The van der Waals surface area contributed by atoms with Crippen LogP contribution in [0.3, 0.4) is 0 Å². The topological polar surface area (TPSA) is 82.0 Å². The fourth-order valence-corrected chi connectivity index (χ4v) is 5.05. The van der Waals surface area contributed by atoms with Gasteiger partial charge in [0.05, 0.1) is 18.0 Å². The number of halogens is 2. The second-order valence-electron chi connectivity index (χ2n) is 11.2. The first-order chi connectivity index (χ1) is 17.4. The minimum atomic E-state index is -3.71. The Morgan fingerprint density at radius 2 is 1.86 bits per heavy atom. The third-order valence-corrected chi connectivity index (χ3v) is 7.15. The first kappa shape index (κ1) is 25.3. The Labute approximate surface area is 214 Å². The number of methoxy groups -OCH3 is 1. The smallest absolute Gasteiger partial charge is 0.494 e. The number of nitrogens with zero attached hydrogens (tertiary/aromatic N) is 1. The van der Waals surface area contributed by atoms with Gasteiger partial charge in [0, 0.05) is 41.4 Å². The second-order valence-corrected chi connectivity index (χ2v) is 11.2. The van der Waals surface area contributed by atoms with Gasteiger partial charge in [-0.2, -0.15) is 0 Å². The van der Waals surface area contributed by atoms with Crippen LogP contribution in [0.1, 0.15) is 51.8 Å². The first-order valence-corrected chi connectivity index (χ1v) is 12.4. The lowest BCUT2D eigenvalue weighted by atomic mass is 9.92. The monoisotopic (exact) mass is 514 g/mol. The zero-order chi connectivity index (χ0) is 26.8. The van der Waals surface area contributed by atoms with Crippen LogP contribution in [-0.2, 0) is 22.2 Å². The number of hydrogen-bond acceptors (Lipinski definition) is 5. The molecule has 1 aromatic heterocycles. The van der Waals surface area contributed by atoms with E-state index >= 15 is 0 Å². The van der Waals surface area contributed by atoms with Gasteiger partial charge in [-0.15, -0.1) is 8.78 Å². The zero-order valence-corrected chi connectivity index (χ0v) is 21.7. The highest BCUT2D eigenvalue weighted by molar-refractivity contribution is 6.03. The number of aromatic nitrogens is 1. The number of carbonyl (C=O) groups excluding carboxylic acids is 1. The third kappa shape index (κ3) is 4.50. The molecule has 1 atom stereocenters. The van der Waals surface area contributed by atoms with Crippen molar-refractivity contribution in [1.29, 1.82) is 0 Å². The summed E-state index contributed by atoms with van der Waals surface area (Å²) < 4.78 is 44.0. The predicted molar refractivity (Wildman–Crippen MR) is 136 cm³/mol. The van der Waals surface area contributed by atoms with Crippen molar-refractivity contribution in [2.75, 3.05) is 19.0 Å². The molecule has 0 radical (unpaired) electrons. The van der Waals surface area contributed by atoms with Gasteiger partial charge in [-0.1, -0.05) is 33.8 Å². The molecule has 9 heteroatoms. The number of anilines is 1. The van der Waals surface area contributed by atoms with Crippen LogP contribution in [0.5, 0.6) is 17.2 Å². The van der Waals surface area contributed by atoms with Crippen LogP contribution in [-0.4, -0.2) is 35.6 Å². The summed E-state index contributed by atoms with van der Waals surface area (Å²) in [6, 6.07) is 10.3. The highest BCUT2D eigenvalue weighted by Crippen LogP contribution is 2.52. The summed E-state index contributed by atoms with van der Waals surface area (Å²) >= 11 is 0. The van der Waals surface area contributed by atoms with Crippen molar-refractivity contribution in [1.82, 2.24) is 4.57 Å². The van der Waals surface area contributed by atoms with E-state index in [9.17, 15) is 18.7 Å². The van der Waals surface area contributed by atoms with E-state index in [1.165, 1.54) is 12.1 Å². The maximum atomic E-state index is 13.5. The number of nitrogens with one attached hydrogen (secondary N) is 1. The maximum absolute atomic E-state index is 13.5. The van der Waals surface area contributed by atoms with Gasteiger partial charge in [0.1, 0.15) is 5.75 Å². The van der Waals surface area contributed by atoms with E-state index in [-0.39, 0.29) is 35.3 Å². The highest BCUT2D eigenvalue weighted by atomic mass is 19.3.